The van der Waals surface area contributed by atoms with E-state index in [-0.39, 0.29) is 30.9 Å². The lowest BCUT2D eigenvalue weighted by Gasteiger charge is -2.33. The smallest absolute Gasteiger partial charge is 0.121 e. The van der Waals surface area contributed by atoms with E-state index in [4.69, 9.17) is 0 Å². The van der Waals surface area contributed by atoms with Crippen LogP contribution in [0.25, 0.3) is 0 Å². The van der Waals surface area contributed by atoms with Crippen molar-refractivity contribution in [3.05, 3.63) is 40.9 Å². The number of halogens is 3. The summed E-state index contributed by atoms with van der Waals surface area (Å²) in [5, 5.41) is 13.3. The van der Waals surface area contributed by atoms with Gasteiger partial charge < -0.3 is 10.4 Å². The van der Waals surface area contributed by atoms with Crippen LogP contribution < -0.4 is 5.32 Å². The number of hydrogen-bond acceptors (Lipinski definition) is 3. The molecule has 1 saturated heterocycles. The normalized spacial score (nSPS) is 16.9. The van der Waals surface area contributed by atoms with E-state index >= 15 is 0 Å². The molecule has 108 valence electrons. The minimum atomic E-state index is 0. The lowest BCUT2D eigenvalue weighted by molar-refractivity contribution is 0.201. The minimum absolute atomic E-state index is 0. The SMILES string of the molecule is C=C[C@H](c1ccc(Br)cc1O)N1CCNCC1.Cl.Cl. The van der Waals surface area contributed by atoms with Crippen molar-refractivity contribution in [2.24, 2.45) is 0 Å². The van der Waals surface area contributed by atoms with Crippen LogP contribution in [-0.2, 0) is 0 Å². The maximum atomic E-state index is 10.0. The Balaban J connectivity index is 0.00000162. The highest BCUT2D eigenvalue weighted by Crippen LogP contribution is 2.31. The van der Waals surface area contributed by atoms with Crippen LogP contribution in [0.3, 0.4) is 0 Å². The molecule has 2 rings (SSSR count). The van der Waals surface area contributed by atoms with Crippen LogP contribution in [0.15, 0.2) is 35.3 Å². The average molecular weight is 370 g/mol. The monoisotopic (exact) mass is 368 g/mol. The second-order valence-electron chi connectivity index (χ2n) is 4.17. The number of hydrogen-bond donors (Lipinski definition) is 2. The molecule has 0 unspecified atom stereocenters. The van der Waals surface area contributed by atoms with E-state index < -0.39 is 0 Å². The maximum Gasteiger partial charge on any atom is 0.121 e. The Kier molecular flexibility index (Phi) is 8.70. The molecule has 0 saturated carbocycles. The van der Waals surface area contributed by atoms with Crippen molar-refractivity contribution < 1.29 is 5.11 Å². The zero-order valence-corrected chi connectivity index (χ0v) is 13.7. The molecule has 0 bridgehead atoms. The Bertz CT molecular complexity index is 412. The van der Waals surface area contributed by atoms with Crippen LogP contribution in [0.2, 0.25) is 0 Å². The molecular formula is C13H19BrCl2N2O. The lowest BCUT2D eigenvalue weighted by atomic mass is 10.0. The summed E-state index contributed by atoms with van der Waals surface area (Å²) in [7, 11) is 0. The van der Waals surface area contributed by atoms with E-state index in [2.05, 4.69) is 32.7 Å². The van der Waals surface area contributed by atoms with Crippen LogP contribution in [0.4, 0.5) is 0 Å². The van der Waals surface area contributed by atoms with Gasteiger partial charge in [-0.1, -0.05) is 28.1 Å². The molecule has 1 heterocycles. The number of nitrogens with zero attached hydrogens (tertiary/aromatic N) is 1. The second-order valence-corrected chi connectivity index (χ2v) is 5.09. The molecule has 0 aromatic heterocycles. The van der Waals surface area contributed by atoms with E-state index in [1.165, 1.54) is 0 Å². The second kappa shape index (κ2) is 8.82. The Morgan fingerprint density at radius 3 is 2.47 bits per heavy atom. The van der Waals surface area contributed by atoms with Crippen LogP contribution in [0.1, 0.15) is 11.6 Å². The Labute approximate surface area is 135 Å². The van der Waals surface area contributed by atoms with E-state index in [1.807, 2.05) is 18.2 Å². The van der Waals surface area contributed by atoms with Gasteiger partial charge in [-0.15, -0.1) is 31.4 Å². The van der Waals surface area contributed by atoms with Crippen molar-refractivity contribution in [3.63, 3.8) is 0 Å². The van der Waals surface area contributed by atoms with Crippen LogP contribution in [0, 0.1) is 0 Å². The molecule has 2 N–H and O–H groups in total. The van der Waals surface area contributed by atoms with Gasteiger partial charge in [0.05, 0.1) is 6.04 Å². The van der Waals surface area contributed by atoms with Crippen molar-refractivity contribution >= 4 is 40.7 Å². The number of phenolic OH excluding ortho intramolecular Hbond substituents is 1. The summed E-state index contributed by atoms with van der Waals surface area (Å²) in [5.41, 5.74) is 0.921. The molecule has 0 radical (unpaired) electrons. The highest BCUT2D eigenvalue weighted by molar-refractivity contribution is 9.10. The fraction of sp³-hybridized carbons (Fsp3) is 0.385. The predicted molar refractivity (Wildman–Crippen MR) is 87.7 cm³/mol. The van der Waals surface area contributed by atoms with Gasteiger partial charge in [0.25, 0.3) is 0 Å². The van der Waals surface area contributed by atoms with Crippen molar-refractivity contribution in [2.75, 3.05) is 26.2 Å². The van der Waals surface area contributed by atoms with Crippen LogP contribution in [0.5, 0.6) is 5.75 Å². The summed E-state index contributed by atoms with van der Waals surface area (Å²) >= 11 is 3.35. The first-order chi connectivity index (χ1) is 8.22. The number of piperazine rings is 1. The molecule has 1 aromatic carbocycles. The first kappa shape index (κ1) is 18.7. The number of rotatable bonds is 3. The first-order valence-electron chi connectivity index (χ1n) is 5.78. The highest BCUT2D eigenvalue weighted by Gasteiger charge is 2.21. The van der Waals surface area contributed by atoms with E-state index in [0.717, 1.165) is 36.2 Å². The number of nitrogens with one attached hydrogen (secondary N) is 1. The minimum Gasteiger partial charge on any atom is -0.508 e. The Morgan fingerprint density at radius 2 is 1.95 bits per heavy atom. The van der Waals surface area contributed by atoms with Crippen LogP contribution >= 0.6 is 40.7 Å². The van der Waals surface area contributed by atoms with Crippen molar-refractivity contribution in [1.82, 2.24) is 10.2 Å². The lowest BCUT2D eigenvalue weighted by Crippen LogP contribution is -2.44. The third-order valence-electron chi connectivity index (χ3n) is 3.08. The van der Waals surface area contributed by atoms with Gasteiger partial charge in [-0.3, -0.25) is 4.90 Å². The van der Waals surface area contributed by atoms with Crippen molar-refractivity contribution in [3.8, 4) is 5.75 Å². The number of aromatic hydroxyl groups is 1. The molecule has 1 aliphatic heterocycles. The highest BCUT2D eigenvalue weighted by atomic mass is 79.9. The molecule has 3 nitrogen and oxygen atoms in total. The van der Waals surface area contributed by atoms with E-state index in [9.17, 15) is 5.11 Å². The molecule has 19 heavy (non-hydrogen) atoms. The molecule has 1 atom stereocenters. The molecule has 1 fully saturated rings. The fourth-order valence-electron chi connectivity index (χ4n) is 2.20. The number of phenols is 1. The Morgan fingerprint density at radius 1 is 1.32 bits per heavy atom. The summed E-state index contributed by atoms with van der Waals surface area (Å²) in [6.07, 6.45) is 1.90. The van der Waals surface area contributed by atoms with Crippen LogP contribution in [-0.4, -0.2) is 36.2 Å². The quantitative estimate of drug-likeness (QED) is 0.803. The zero-order chi connectivity index (χ0) is 12.3. The van der Waals surface area contributed by atoms with Gasteiger partial charge in [0.15, 0.2) is 0 Å². The third-order valence-corrected chi connectivity index (χ3v) is 3.57. The summed E-state index contributed by atoms with van der Waals surface area (Å²) in [6.45, 7) is 7.82. The van der Waals surface area contributed by atoms with Gasteiger partial charge in [0.1, 0.15) is 5.75 Å². The third kappa shape index (κ3) is 4.65. The fourth-order valence-corrected chi connectivity index (χ4v) is 2.55. The zero-order valence-electron chi connectivity index (χ0n) is 10.5. The van der Waals surface area contributed by atoms with Gasteiger partial charge in [0, 0.05) is 36.2 Å². The summed E-state index contributed by atoms with van der Waals surface area (Å²) in [6, 6.07) is 5.72. The molecule has 1 aliphatic rings. The molecule has 0 aliphatic carbocycles. The topological polar surface area (TPSA) is 35.5 Å². The average Bonchev–Trinajstić information content (AvgIpc) is 2.34. The Hall–Kier alpha value is -0.260. The van der Waals surface area contributed by atoms with Crippen molar-refractivity contribution in [2.45, 2.75) is 6.04 Å². The molecule has 0 spiro atoms. The summed E-state index contributed by atoms with van der Waals surface area (Å²) in [5.74, 6) is 0.322. The van der Waals surface area contributed by atoms with Gasteiger partial charge in [-0.2, -0.15) is 0 Å². The molecule has 1 aromatic rings. The molecule has 6 heteroatoms. The van der Waals surface area contributed by atoms with Gasteiger partial charge in [0.2, 0.25) is 0 Å². The summed E-state index contributed by atoms with van der Waals surface area (Å²) in [4.78, 5) is 2.33. The van der Waals surface area contributed by atoms with Crippen molar-refractivity contribution in [1.29, 1.82) is 0 Å². The van der Waals surface area contributed by atoms with Gasteiger partial charge in [-0.05, 0) is 12.1 Å². The molecule has 0 amide bonds. The summed E-state index contributed by atoms with van der Waals surface area (Å²) < 4.78 is 0.891. The van der Waals surface area contributed by atoms with E-state index in [1.54, 1.807) is 6.07 Å². The van der Waals surface area contributed by atoms with Gasteiger partial charge in [-0.25, -0.2) is 0 Å². The van der Waals surface area contributed by atoms with E-state index in [0.29, 0.717) is 5.75 Å². The standard InChI is InChI=1S/C13H17BrN2O.2ClH/c1-2-12(16-7-5-15-6-8-16)11-4-3-10(14)9-13(11)17;;/h2-4,9,12,15,17H,1,5-8H2;2*1H/t12-;;/m1../s1. The largest absolute Gasteiger partial charge is 0.508 e. The predicted octanol–water partition coefficient (Wildman–Crippen LogP) is 3.13. The maximum absolute atomic E-state index is 10.0. The number of benzene rings is 1. The molecular weight excluding hydrogens is 351 g/mol. The first-order valence-corrected chi connectivity index (χ1v) is 6.57. The van der Waals surface area contributed by atoms with Gasteiger partial charge >= 0.3 is 0 Å².